The number of carbonyl (C=O) groups is 1. The number of hydrogen-bond donors (Lipinski definition) is 1. The second-order valence-electron chi connectivity index (χ2n) is 5.92. The third-order valence-corrected chi connectivity index (χ3v) is 4.33. The lowest BCUT2D eigenvalue weighted by Gasteiger charge is -2.18. The van der Waals surface area contributed by atoms with Gasteiger partial charge in [-0.15, -0.1) is 0 Å². The van der Waals surface area contributed by atoms with E-state index in [0.717, 1.165) is 11.6 Å². The van der Waals surface area contributed by atoms with Gasteiger partial charge in [0.1, 0.15) is 12.4 Å². The summed E-state index contributed by atoms with van der Waals surface area (Å²) in [7, 11) is 0. The second-order valence-corrected chi connectivity index (χ2v) is 6.36. The van der Waals surface area contributed by atoms with E-state index in [2.05, 4.69) is 10.3 Å². The van der Waals surface area contributed by atoms with Gasteiger partial charge in [-0.3, -0.25) is 14.2 Å². The number of halogens is 2. The highest BCUT2D eigenvalue weighted by Crippen LogP contribution is 2.20. The van der Waals surface area contributed by atoms with Crippen molar-refractivity contribution in [3.63, 3.8) is 0 Å². The predicted molar refractivity (Wildman–Crippen MR) is 98.6 cm³/mol. The predicted octanol–water partition coefficient (Wildman–Crippen LogP) is 3.46. The van der Waals surface area contributed by atoms with Gasteiger partial charge in [0.25, 0.3) is 5.56 Å². The van der Waals surface area contributed by atoms with Gasteiger partial charge in [-0.2, -0.15) is 0 Å². The van der Waals surface area contributed by atoms with Gasteiger partial charge in [-0.1, -0.05) is 30.7 Å². The van der Waals surface area contributed by atoms with Crippen LogP contribution in [0.25, 0.3) is 10.9 Å². The Morgan fingerprint density at radius 3 is 2.85 bits per heavy atom. The van der Waals surface area contributed by atoms with E-state index in [1.807, 2.05) is 19.1 Å². The molecule has 0 saturated carbocycles. The fourth-order valence-corrected chi connectivity index (χ4v) is 2.98. The molecule has 134 valence electrons. The molecule has 26 heavy (non-hydrogen) atoms. The number of aromatic nitrogens is 2. The molecule has 0 aliphatic rings. The van der Waals surface area contributed by atoms with Crippen LogP contribution in [0.15, 0.2) is 53.6 Å². The van der Waals surface area contributed by atoms with Gasteiger partial charge in [0.15, 0.2) is 0 Å². The monoisotopic (exact) mass is 373 g/mol. The zero-order valence-corrected chi connectivity index (χ0v) is 14.8. The zero-order valence-electron chi connectivity index (χ0n) is 14.1. The normalized spacial score (nSPS) is 12.1. The summed E-state index contributed by atoms with van der Waals surface area (Å²) in [6.07, 6.45) is 1.96. The Morgan fingerprint density at radius 1 is 1.31 bits per heavy atom. The maximum atomic E-state index is 13.4. The first-order valence-corrected chi connectivity index (χ1v) is 8.55. The van der Waals surface area contributed by atoms with Gasteiger partial charge >= 0.3 is 0 Å². The minimum Gasteiger partial charge on any atom is -0.348 e. The molecule has 7 heteroatoms. The average Bonchev–Trinajstić information content (AvgIpc) is 2.62. The SMILES string of the molecule is CCC(NC(=O)Cn1cnc2ccc(F)cc2c1=O)c1cccc(Cl)c1. The summed E-state index contributed by atoms with van der Waals surface area (Å²) in [5.41, 5.74) is 0.818. The van der Waals surface area contributed by atoms with Crippen molar-refractivity contribution >= 4 is 28.4 Å². The third kappa shape index (κ3) is 3.91. The molecule has 0 spiro atoms. The molecule has 0 aliphatic carbocycles. The topological polar surface area (TPSA) is 64.0 Å². The summed E-state index contributed by atoms with van der Waals surface area (Å²) in [4.78, 5) is 28.9. The highest BCUT2D eigenvalue weighted by atomic mass is 35.5. The Bertz CT molecular complexity index is 1020. The number of rotatable bonds is 5. The van der Waals surface area contributed by atoms with E-state index in [-0.39, 0.29) is 23.9 Å². The summed E-state index contributed by atoms with van der Waals surface area (Å²) >= 11 is 6.00. The molecule has 2 aromatic carbocycles. The Balaban J connectivity index is 1.80. The largest absolute Gasteiger partial charge is 0.348 e. The van der Waals surface area contributed by atoms with Gasteiger partial charge in [-0.25, -0.2) is 9.37 Å². The lowest BCUT2D eigenvalue weighted by Crippen LogP contribution is -2.34. The number of hydrogen-bond acceptors (Lipinski definition) is 3. The number of carbonyl (C=O) groups excluding carboxylic acids is 1. The van der Waals surface area contributed by atoms with E-state index in [1.54, 1.807) is 12.1 Å². The van der Waals surface area contributed by atoms with Crippen LogP contribution >= 0.6 is 11.6 Å². The molecule has 3 aromatic rings. The van der Waals surface area contributed by atoms with Crippen molar-refractivity contribution in [1.29, 1.82) is 0 Å². The van der Waals surface area contributed by atoms with Gasteiger partial charge in [0.05, 0.1) is 23.3 Å². The lowest BCUT2D eigenvalue weighted by atomic mass is 10.0. The first kappa shape index (κ1) is 18.1. The molecule has 0 aliphatic heterocycles. The lowest BCUT2D eigenvalue weighted by molar-refractivity contribution is -0.122. The second kappa shape index (κ2) is 7.66. The maximum absolute atomic E-state index is 13.4. The van der Waals surface area contributed by atoms with Crippen molar-refractivity contribution in [2.75, 3.05) is 0 Å². The van der Waals surface area contributed by atoms with Crippen molar-refractivity contribution in [3.05, 3.63) is 75.5 Å². The van der Waals surface area contributed by atoms with Crippen LogP contribution in [0.4, 0.5) is 4.39 Å². The number of benzene rings is 2. The number of nitrogens with one attached hydrogen (secondary N) is 1. The van der Waals surface area contributed by atoms with E-state index in [9.17, 15) is 14.0 Å². The minimum atomic E-state index is -0.523. The van der Waals surface area contributed by atoms with Crippen LogP contribution in [0, 0.1) is 5.82 Å². The van der Waals surface area contributed by atoms with Crippen LogP contribution in [0.3, 0.4) is 0 Å². The molecule has 3 rings (SSSR count). The van der Waals surface area contributed by atoms with Crippen molar-refractivity contribution < 1.29 is 9.18 Å². The number of fused-ring (bicyclic) bond motifs is 1. The van der Waals surface area contributed by atoms with Gasteiger partial charge in [0.2, 0.25) is 5.91 Å². The molecule has 5 nitrogen and oxygen atoms in total. The first-order valence-electron chi connectivity index (χ1n) is 8.17. The molecular weight excluding hydrogens is 357 g/mol. The molecule has 0 radical (unpaired) electrons. The zero-order chi connectivity index (χ0) is 18.7. The molecule has 1 aromatic heterocycles. The van der Waals surface area contributed by atoms with Crippen LogP contribution in [0.2, 0.25) is 5.02 Å². The molecule has 1 atom stereocenters. The maximum Gasteiger partial charge on any atom is 0.261 e. The number of amides is 1. The summed E-state index contributed by atoms with van der Waals surface area (Å²) < 4.78 is 14.6. The van der Waals surface area contributed by atoms with Crippen molar-refractivity contribution in [1.82, 2.24) is 14.9 Å². The Labute approximate surface area is 154 Å². The molecule has 0 fully saturated rings. The quantitative estimate of drug-likeness (QED) is 0.745. The van der Waals surface area contributed by atoms with E-state index in [0.29, 0.717) is 17.0 Å². The summed E-state index contributed by atoms with van der Waals surface area (Å²) in [5.74, 6) is -0.859. The average molecular weight is 374 g/mol. The molecule has 1 unspecified atom stereocenters. The smallest absolute Gasteiger partial charge is 0.261 e. The Morgan fingerprint density at radius 2 is 2.12 bits per heavy atom. The van der Waals surface area contributed by atoms with Gasteiger partial charge < -0.3 is 5.32 Å². The highest BCUT2D eigenvalue weighted by Gasteiger charge is 2.15. The molecule has 1 heterocycles. The van der Waals surface area contributed by atoms with E-state index in [4.69, 9.17) is 11.6 Å². The fraction of sp³-hybridized carbons (Fsp3) is 0.211. The van der Waals surface area contributed by atoms with Crippen molar-refractivity contribution in [2.24, 2.45) is 0 Å². The summed E-state index contributed by atoms with van der Waals surface area (Å²) in [6.45, 7) is 1.74. The van der Waals surface area contributed by atoms with Crippen molar-refractivity contribution in [2.45, 2.75) is 25.9 Å². The first-order chi connectivity index (χ1) is 12.5. The third-order valence-electron chi connectivity index (χ3n) is 4.09. The molecule has 1 N–H and O–H groups in total. The van der Waals surface area contributed by atoms with Gasteiger partial charge in [-0.05, 0) is 42.3 Å². The molecule has 1 amide bonds. The summed E-state index contributed by atoms with van der Waals surface area (Å²) in [6, 6.07) is 10.8. The Hall–Kier alpha value is -2.73. The van der Waals surface area contributed by atoms with Gasteiger partial charge in [0, 0.05) is 5.02 Å². The highest BCUT2D eigenvalue weighted by molar-refractivity contribution is 6.30. The molecule has 0 saturated heterocycles. The summed E-state index contributed by atoms with van der Waals surface area (Å²) in [5, 5.41) is 3.62. The minimum absolute atomic E-state index is 0.141. The van der Waals surface area contributed by atoms with Crippen LogP contribution < -0.4 is 10.9 Å². The van der Waals surface area contributed by atoms with Crippen LogP contribution in [0.5, 0.6) is 0 Å². The molecular formula is C19H17ClFN3O2. The van der Waals surface area contributed by atoms with Crippen LogP contribution in [0.1, 0.15) is 24.9 Å². The Kier molecular flexibility index (Phi) is 5.32. The van der Waals surface area contributed by atoms with E-state index >= 15 is 0 Å². The van der Waals surface area contributed by atoms with Crippen LogP contribution in [-0.4, -0.2) is 15.5 Å². The number of nitrogens with zero attached hydrogens (tertiary/aromatic N) is 2. The van der Waals surface area contributed by atoms with Crippen molar-refractivity contribution in [3.8, 4) is 0 Å². The standard InChI is InChI=1S/C19H17ClFN3O2/c1-2-16(12-4-3-5-13(20)8-12)23-18(25)10-24-11-22-17-7-6-14(21)9-15(17)19(24)26/h3-9,11,16H,2,10H2,1H3,(H,23,25). The van der Waals surface area contributed by atoms with Crippen LogP contribution in [-0.2, 0) is 11.3 Å². The van der Waals surface area contributed by atoms with E-state index < -0.39 is 11.4 Å². The fourth-order valence-electron chi connectivity index (χ4n) is 2.78. The molecule has 0 bridgehead atoms. The van der Waals surface area contributed by atoms with E-state index in [1.165, 1.54) is 23.0 Å².